The van der Waals surface area contributed by atoms with Crippen molar-refractivity contribution >= 4 is 0 Å². The molecule has 0 aliphatic rings. The van der Waals surface area contributed by atoms with Crippen LogP contribution in [0.3, 0.4) is 0 Å². The molecule has 0 aromatic rings. The highest BCUT2D eigenvalue weighted by molar-refractivity contribution is 4.92. The van der Waals surface area contributed by atoms with E-state index in [1.54, 1.807) is 0 Å². The first kappa shape index (κ1) is 16.5. The van der Waals surface area contributed by atoms with E-state index in [1.807, 2.05) is 0 Å². The molecule has 0 heterocycles. The van der Waals surface area contributed by atoms with Gasteiger partial charge in [0.05, 0.1) is 0 Å². The molecule has 98 valence electrons. The van der Waals surface area contributed by atoms with E-state index in [0.29, 0.717) is 0 Å². The SMILES string of the molecule is [CH2]CCCCC=CCC=CCCCCCC[CH2]. The Labute approximate surface area is 109 Å². The normalized spacial score (nSPS) is 11.9. The fourth-order valence-electron chi connectivity index (χ4n) is 1.74. The van der Waals surface area contributed by atoms with E-state index in [9.17, 15) is 0 Å². The summed E-state index contributed by atoms with van der Waals surface area (Å²) >= 11 is 0. The van der Waals surface area contributed by atoms with Gasteiger partial charge in [-0.2, -0.15) is 0 Å². The lowest BCUT2D eigenvalue weighted by Crippen LogP contribution is -1.75. The van der Waals surface area contributed by atoms with Crippen LogP contribution in [0.1, 0.15) is 70.6 Å². The summed E-state index contributed by atoms with van der Waals surface area (Å²) in [6.45, 7) is 7.70. The van der Waals surface area contributed by atoms with Gasteiger partial charge in [0.2, 0.25) is 0 Å². The molecule has 0 N–H and O–H groups in total. The Morgan fingerprint density at radius 3 is 1.59 bits per heavy atom. The molecule has 0 aromatic carbocycles. The minimum atomic E-state index is 1.07. The van der Waals surface area contributed by atoms with Crippen molar-refractivity contribution in [3.05, 3.63) is 38.2 Å². The van der Waals surface area contributed by atoms with Crippen LogP contribution in [0.5, 0.6) is 0 Å². The molecule has 0 fully saturated rings. The smallest absolute Gasteiger partial charge is 0.0169 e. The maximum atomic E-state index is 3.85. The Bertz CT molecular complexity index is 176. The number of hydrogen-bond donors (Lipinski definition) is 0. The van der Waals surface area contributed by atoms with Gasteiger partial charge in [-0.25, -0.2) is 0 Å². The first-order valence-corrected chi connectivity index (χ1v) is 7.30. The highest BCUT2D eigenvalue weighted by Gasteiger charge is 1.86. The van der Waals surface area contributed by atoms with Crippen molar-refractivity contribution in [1.29, 1.82) is 0 Å². The van der Waals surface area contributed by atoms with Gasteiger partial charge in [-0.15, -0.1) is 0 Å². The molecule has 0 nitrogen and oxygen atoms in total. The lowest BCUT2D eigenvalue weighted by atomic mass is 10.1. The van der Waals surface area contributed by atoms with Crippen molar-refractivity contribution in [2.45, 2.75) is 70.6 Å². The average Bonchev–Trinajstić information content (AvgIpc) is 2.35. The Morgan fingerprint density at radius 1 is 0.529 bits per heavy atom. The van der Waals surface area contributed by atoms with Crippen molar-refractivity contribution in [1.82, 2.24) is 0 Å². The quantitative estimate of drug-likeness (QED) is 0.284. The van der Waals surface area contributed by atoms with Gasteiger partial charge in [0, 0.05) is 0 Å². The second kappa shape index (κ2) is 15.5. The molecule has 0 saturated heterocycles. The van der Waals surface area contributed by atoms with Gasteiger partial charge in [0.15, 0.2) is 0 Å². The van der Waals surface area contributed by atoms with Crippen LogP contribution in [0.2, 0.25) is 0 Å². The molecule has 17 heavy (non-hydrogen) atoms. The predicted molar refractivity (Wildman–Crippen MR) is 79.8 cm³/mol. The second-order valence-corrected chi connectivity index (χ2v) is 4.58. The minimum absolute atomic E-state index is 1.07. The minimum Gasteiger partial charge on any atom is -0.0882 e. The van der Waals surface area contributed by atoms with Gasteiger partial charge < -0.3 is 0 Å². The highest BCUT2D eigenvalue weighted by atomic mass is 13.9. The zero-order chi connectivity index (χ0) is 12.6. The zero-order valence-corrected chi connectivity index (χ0v) is 11.5. The summed E-state index contributed by atoms with van der Waals surface area (Å²) in [6.07, 6.45) is 22.8. The monoisotopic (exact) mass is 234 g/mol. The average molecular weight is 234 g/mol. The summed E-state index contributed by atoms with van der Waals surface area (Å²) in [5.41, 5.74) is 0. The molecule has 0 aromatic heterocycles. The topological polar surface area (TPSA) is 0 Å². The first-order valence-electron chi connectivity index (χ1n) is 7.30. The molecule has 0 bridgehead atoms. The number of hydrogen-bond acceptors (Lipinski definition) is 0. The molecule has 0 unspecified atom stereocenters. The molecule has 0 aliphatic heterocycles. The molecule has 0 atom stereocenters. The van der Waals surface area contributed by atoms with Crippen LogP contribution in [0, 0.1) is 13.8 Å². The summed E-state index contributed by atoms with van der Waals surface area (Å²) in [5.74, 6) is 0. The van der Waals surface area contributed by atoms with Crippen molar-refractivity contribution in [2.75, 3.05) is 0 Å². The van der Waals surface area contributed by atoms with Crippen LogP contribution < -0.4 is 0 Å². The van der Waals surface area contributed by atoms with Gasteiger partial charge in [-0.05, 0) is 32.1 Å². The van der Waals surface area contributed by atoms with E-state index in [4.69, 9.17) is 0 Å². The van der Waals surface area contributed by atoms with E-state index in [0.717, 1.165) is 19.3 Å². The molecular weight excluding hydrogens is 204 g/mol. The van der Waals surface area contributed by atoms with E-state index in [1.165, 1.54) is 51.4 Å². The third-order valence-electron chi connectivity index (χ3n) is 2.85. The van der Waals surface area contributed by atoms with Crippen molar-refractivity contribution in [2.24, 2.45) is 0 Å². The van der Waals surface area contributed by atoms with Gasteiger partial charge in [-0.3, -0.25) is 0 Å². The van der Waals surface area contributed by atoms with E-state index >= 15 is 0 Å². The Morgan fingerprint density at radius 2 is 1.00 bits per heavy atom. The molecule has 0 saturated carbocycles. The second-order valence-electron chi connectivity index (χ2n) is 4.58. The Hall–Kier alpha value is -0.520. The van der Waals surface area contributed by atoms with Crippen LogP contribution in [-0.4, -0.2) is 0 Å². The molecule has 0 amide bonds. The third kappa shape index (κ3) is 15.5. The molecule has 0 heteroatoms. The van der Waals surface area contributed by atoms with E-state index in [-0.39, 0.29) is 0 Å². The molecule has 0 rings (SSSR count). The fraction of sp³-hybridized carbons (Fsp3) is 0.647. The van der Waals surface area contributed by atoms with E-state index in [2.05, 4.69) is 38.2 Å². The van der Waals surface area contributed by atoms with Gasteiger partial charge in [-0.1, -0.05) is 76.7 Å². The molecule has 0 aliphatic carbocycles. The van der Waals surface area contributed by atoms with Crippen LogP contribution in [0.15, 0.2) is 24.3 Å². The highest BCUT2D eigenvalue weighted by Crippen LogP contribution is 2.05. The molecular formula is C17H30. The van der Waals surface area contributed by atoms with Crippen molar-refractivity contribution in [3.63, 3.8) is 0 Å². The Balaban J connectivity index is 3.13. The Kier molecular flexibility index (Phi) is 15.0. The standard InChI is InChI=1S/C17H30/c1-3-5-7-9-11-13-15-17-16-14-12-10-8-6-4-2/h11,13,16-17H,1-10,12,14-15H2. The number of unbranched alkanes of at least 4 members (excludes halogenated alkanes) is 8. The first-order chi connectivity index (χ1) is 8.41. The van der Waals surface area contributed by atoms with Crippen molar-refractivity contribution in [3.8, 4) is 0 Å². The van der Waals surface area contributed by atoms with Crippen LogP contribution in [-0.2, 0) is 0 Å². The lowest BCUT2D eigenvalue weighted by molar-refractivity contribution is 0.651. The third-order valence-corrected chi connectivity index (χ3v) is 2.85. The predicted octanol–water partition coefficient (Wildman–Crippen LogP) is 6.06. The maximum Gasteiger partial charge on any atom is -0.0169 e. The summed E-state index contributed by atoms with van der Waals surface area (Å²) in [4.78, 5) is 0. The zero-order valence-electron chi connectivity index (χ0n) is 11.5. The van der Waals surface area contributed by atoms with E-state index < -0.39 is 0 Å². The van der Waals surface area contributed by atoms with Crippen LogP contribution >= 0.6 is 0 Å². The summed E-state index contributed by atoms with van der Waals surface area (Å²) in [7, 11) is 0. The van der Waals surface area contributed by atoms with Gasteiger partial charge >= 0.3 is 0 Å². The lowest BCUT2D eigenvalue weighted by Gasteiger charge is -1.95. The molecule has 2 radical (unpaired) electrons. The largest absolute Gasteiger partial charge is 0.0882 e. The maximum absolute atomic E-state index is 3.85. The summed E-state index contributed by atoms with van der Waals surface area (Å²) in [5, 5.41) is 0. The molecule has 0 spiro atoms. The number of rotatable bonds is 12. The van der Waals surface area contributed by atoms with Crippen LogP contribution in [0.4, 0.5) is 0 Å². The van der Waals surface area contributed by atoms with Gasteiger partial charge in [0.25, 0.3) is 0 Å². The van der Waals surface area contributed by atoms with Crippen LogP contribution in [0.25, 0.3) is 0 Å². The summed E-state index contributed by atoms with van der Waals surface area (Å²) < 4.78 is 0. The fourth-order valence-corrected chi connectivity index (χ4v) is 1.74. The van der Waals surface area contributed by atoms with Crippen molar-refractivity contribution < 1.29 is 0 Å². The van der Waals surface area contributed by atoms with Gasteiger partial charge in [0.1, 0.15) is 0 Å². The number of allylic oxidation sites excluding steroid dienone is 4. The summed E-state index contributed by atoms with van der Waals surface area (Å²) in [6, 6.07) is 0.